The number of nitrogens with zero attached hydrogens (tertiary/aromatic N) is 1. The molecule has 1 aliphatic carbocycles. The fourth-order valence-electron chi connectivity index (χ4n) is 3.41. The lowest BCUT2D eigenvalue weighted by Gasteiger charge is -2.37. The molecule has 0 bridgehead atoms. The Morgan fingerprint density at radius 1 is 1.16 bits per heavy atom. The van der Waals surface area contributed by atoms with Crippen LogP contribution in [0.25, 0.3) is 0 Å². The van der Waals surface area contributed by atoms with Crippen LogP contribution in [0.5, 0.6) is 0 Å². The number of nitrogens with one attached hydrogen (secondary N) is 1. The van der Waals surface area contributed by atoms with E-state index in [0.717, 1.165) is 25.3 Å². The summed E-state index contributed by atoms with van der Waals surface area (Å²) < 4.78 is 38.7. The van der Waals surface area contributed by atoms with Gasteiger partial charge in [0, 0.05) is 32.2 Å². The van der Waals surface area contributed by atoms with Crippen molar-refractivity contribution in [2.75, 3.05) is 26.2 Å². The van der Waals surface area contributed by atoms with Crippen molar-refractivity contribution in [1.29, 1.82) is 0 Å². The summed E-state index contributed by atoms with van der Waals surface area (Å²) >= 11 is 0. The molecule has 1 unspecified atom stereocenters. The lowest BCUT2D eigenvalue weighted by Crippen LogP contribution is -2.44. The van der Waals surface area contributed by atoms with Crippen molar-refractivity contribution in [3.63, 3.8) is 0 Å². The van der Waals surface area contributed by atoms with E-state index in [2.05, 4.69) is 17.1 Å². The molecule has 0 aromatic heterocycles. The van der Waals surface area contributed by atoms with E-state index in [1.807, 2.05) is 0 Å². The van der Waals surface area contributed by atoms with Crippen LogP contribution in [0.3, 0.4) is 0 Å². The fourth-order valence-corrected chi connectivity index (χ4v) is 3.41. The second-order valence-corrected chi connectivity index (χ2v) is 6.02. The largest absolute Gasteiger partial charge is 0.394 e. The van der Waals surface area contributed by atoms with Gasteiger partial charge in [-0.05, 0) is 31.6 Å². The van der Waals surface area contributed by atoms with Crippen LogP contribution in [0.4, 0.5) is 13.2 Å². The predicted octanol–water partition coefficient (Wildman–Crippen LogP) is 3.04. The first-order chi connectivity index (χ1) is 9.00. The molecular formula is C14H25F3N2. The Bertz CT molecular complexity index is 272. The molecule has 0 spiro atoms. The van der Waals surface area contributed by atoms with Crippen LogP contribution in [0, 0.1) is 11.8 Å². The van der Waals surface area contributed by atoms with Crippen molar-refractivity contribution in [2.45, 2.75) is 51.2 Å². The molecule has 1 saturated carbocycles. The third-order valence-corrected chi connectivity index (χ3v) is 4.79. The minimum atomic E-state index is -4.07. The number of rotatable bonds is 2. The van der Waals surface area contributed by atoms with E-state index >= 15 is 0 Å². The molecule has 1 heterocycles. The summed E-state index contributed by atoms with van der Waals surface area (Å²) in [6.45, 7) is 3.90. The van der Waals surface area contributed by atoms with Gasteiger partial charge in [-0.2, -0.15) is 13.2 Å². The van der Waals surface area contributed by atoms with Gasteiger partial charge in [-0.1, -0.05) is 13.3 Å². The average Bonchev–Trinajstić information content (AvgIpc) is 2.64. The highest BCUT2D eigenvalue weighted by Gasteiger charge is 2.42. The third kappa shape index (κ3) is 4.09. The zero-order valence-corrected chi connectivity index (χ0v) is 11.7. The van der Waals surface area contributed by atoms with Gasteiger partial charge in [-0.3, -0.25) is 4.90 Å². The van der Waals surface area contributed by atoms with E-state index in [1.165, 1.54) is 19.3 Å². The van der Waals surface area contributed by atoms with E-state index in [9.17, 15) is 13.2 Å². The lowest BCUT2D eigenvalue weighted by atomic mass is 9.83. The van der Waals surface area contributed by atoms with Gasteiger partial charge in [0.25, 0.3) is 0 Å². The Morgan fingerprint density at radius 3 is 2.42 bits per heavy atom. The smallest absolute Gasteiger partial charge is 0.315 e. The maximum Gasteiger partial charge on any atom is 0.394 e. The summed E-state index contributed by atoms with van der Waals surface area (Å²) in [5.41, 5.74) is 0. The molecule has 19 heavy (non-hydrogen) atoms. The predicted molar refractivity (Wildman–Crippen MR) is 70.0 cm³/mol. The molecule has 1 aliphatic heterocycles. The van der Waals surface area contributed by atoms with Crippen molar-refractivity contribution in [2.24, 2.45) is 11.8 Å². The third-order valence-electron chi connectivity index (χ3n) is 4.79. The summed E-state index contributed by atoms with van der Waals surface area (Å²) in [7, 11) is 0. The molecule has 1 atom stereocenters. The number of hydrogen-bond acceptors (Lipinski definition) is 2. The first-order valence-electron chi connectivity index (χ1n) is 7.52. The zero-order valence-electron chi connectivity index (χ0n) is 11.7. The Morgan fingerprint density at radius 2 is 1.84 bits per heavy atom. The standard InChI is InChI=1S/C14H25F3N2/c1-2-11-3-5-13(6-4-11)19-8-7-18-9-12(10-19)14(15,16)17/h11-13,18H,2-10H2,1H3. The van der Waals surface area contributed by atoms with Gasteiger partial charge in [0.1, 0.15) is 0 Å². The van der Waals surface area contributed by atoms with E-state index in [1.54, 1.807) is 0 Å². The Labute approximate surface area is 113 Å². The van der Waals surface area contributed by atoms with Crippen molar-refractivity contribution < 1.29 is 13.2 Å². The Kier molecular flexibility index (Phi) is 5.12. The summed E-state index contributed by atoms with van der Waals surface area (Å²) in [6.07, 6.45) is 1.64. The lowest BCUT2D eigenvalue weighted by molar-refractivity contribution is -0.177. The van der Waals surface area contributed by atoms with Crippen LogP contribution in [0.1, 0.15) is 39.0 Å². The van der Waals surface area contributed by atoms with Gasteiger partial charge in [0.05, 0.1) is 5.92 Å². The maximum absolute atomic E-state index is 12.9. The highest BCUT2D eigenvalue weighted by molar-refractivity contribution is 4.85. The van der Waals surface area contributed by atoms with Gasteiger partial charge in [-0.25, -0.2) is 0 Å². The minimum absolute atomic E-state index is 0.0737. The molecule has 0 aromatic rings. The van der Waals surface area contributed by atoms with Gasteiger partial charge in [-0.15, -0.1) is 0 Å². The van der Waals surface area contributed by atoms with E-state index < -0.39 is 12.1 Å². The number of hydrogen-bond donors (Lipinski definition) is 1. The number of halogens is 3. The van der Waals surface area contributed by atoms with Crippen molar-refractivity contribution in [3.8, 4) is 0 Å². The molecule has 2 rings (SSSR count). The summed E-state index contributed by atoms with van der Waals surface area (Å²) in [5, 5.41) is 2.93. The van der Waals surface area contributed by atoms with Crippen molar-refractivity contribution in [1.82, 2.24) is 10.2 Å². The highest BCUT2D eigenvalue weighted by Crippen LogP contribution is 2.32. The van der Waals surface area contributed by atoms with Gasteiger partial charge >= 0.3 is 6.18 Å². The van der Waals surface area contributed by atoms with Gasteiger partial charge in [0.15, 0.2) is 0 Å². The average molecular weight is 278 g/mol. The second kappa shape index (κ2) is 6.44. The first kappa shape index (κ1) is 15.1. The SMILES string of the molecule is CCC1CCC(N2CCNCC(C(F)(F)F)C2)CC1. The topological polar surface area (TPSA) is 15.3 Å². The van der Waals surface area contributed by atoms with Gasteiger partial charge in [0.2, 0.25) is 0 Å². The monoisotopic (exact) mass is 278 g/mol. The molecule has 2 aliphatic rings. The molecule has 1 saturated heterocycles. The van der Waals surface area contributed by atoms with E-state index in [0.29, 0.717) is 12.6 Å². The quantitative estimate of drug-likeness (QED) is 0.835. The Balaban J connectivity index is 1.92. The summed E-state index contributed by atoms with van der Waals surface area (Å²) in [4.78, 5) is 2.09. The molecule has 2 fully saturated rings. The molecular weight excluding hydrogens is 253 g/mol. The van der Waals surface area contributed by atoms with Crippen molar-refractivity contribution in [3.05, 3.63) is 0 Å². The van der Waals surface area contributed by atoms with Crippen LogP contribution in [-0.2, 0) is 0 Å². The van der Waals surface area contributed by atoms with Crippen LogP contribution < -0.4 is 5.32 Å². The molecule has 0 amide bonds. The normalized spacial score (nSPS) is 35.1. The second-order valence-electron chi connectivity index (χ2n) is 6.02. The van der Waals surface area contributed by atoms with Crippen LogP contribution in [0.15, 0.2) is 0 Å². The van der Waals surface area contributed by atoms with Crippen molar-refractivity contribution >= 4 is 0 Å². The molecule has 2 nitrogen and oxygen atoms in total. The number of alkyl halides is 3. The van der Waals surface area contributed by atoms with E-state index in [4.69, 9.17) is 0 Å². The molecule has 0 radical (unpaired) electrons. The molecule has 1 N–H and O–H groups in total. The van der Waals surface area contributed by atoms with Gasteiger partial charge < -0.3 is 5.32 Å². The molecule has 112 valence electrons. The fraction of sp³-hybridized carbons (Fsp3) is 1.00. The summed E-state index contributed by atoms with van der Waals surface area (Å²) in [5.74, 6) is -0.418. The molecule has 0 aromatic carbocycles. The summed E-state index contributed by atoms with van der Waals surface area (Å²) in [6, 6.07) is 0.368. The zero-order chi connectivity index (χ0) is 13.9. The highest BCUT2D eigenvalue weighted by atomic mass is 19.4. The maximum atomic E-state index is 12.9. The van der Waals surface area contributed by atoms with Crippen LogP contribution in [-0.4, -0.2) is 43.3 Å². The Hall–Kier alpha value is -0.290. The van der Waals surface area contributed by atoms with Crippen LogP contribution in [0.2, 0.25) is 0 Å². The minimum Gasteiger partial charge on any atom is -0.315 e. The van der Waals surface area contributed by atoms with Crippen LogP contribution >= 0.6 is 0 Å². The molecule has 5 heteroatoms. The first-order valence-corrected chi connectivity index (χ1v) is 7.52. The van der Waals surface area contributed by atoms with E-state index in [-0.39, 0.29) is 13.1 Å².